The molecule has 0 saturated heterocycles. The predicted octanol–water partition coefficient (Wildman–Crippen LogP) is 2.53. The van der Waals surface area contributed by atoms with Crippen LogP contribution in [0.25, 0.3) is 5.69 Å². The lowest BCUT2D eigenvalue weighted by Crippen LogP contribution is -2.38. The number of unbranched alkanes of at least 4 members (excludes halogenated alkanes) is 1. The first-order chi connectivity index (χ1) is 12.8. The molecule has 2 N–H and O–H groups in total. The fourth-order valence-electron chi connectivity index (χ4n) is 2.39. The van der Waals surface area contributed by atoms with E-state index < -0.39 is 0 Å². The number of para-hydroxylation sites is 1. The highest BCUT2D eigenvalue weighted by atomic mass is 16.5. The van der Waals surface area contributed by atoms with E-state index in [1.165, 1.54) is 6.42 Å². The van der Waals surface area contributed by atoms with Crippen molar-refractivity contribution in [3.8, 4) is 5.69 Å². The largest absolute Gasteiger partial charge is 0.381 e. The van der Waals surface area contributed by atoms with E-state index >= 15 is 0 Å². The fraction of sp³-hybridized carbons (Fsp3) is 0.526. The molecular formula is C19H30N6O. The summed E-state index contributed by atoms with van der Waals surface area (Å²) in [6.07, 6.45) is 4.96. The number of hydrogen-bond acceptors (Lipinski definition) is 4. The molecule has 2 aromatic rings. The third kappa shape index (κ3) is 6.84. The summed E-state index contributed by atoms with van der Waals surface area (Å²) in [5.41, 5.74) is 1.03. The van der Waals surface area contributed by atoms with Gasteiger partial charge in [0, 0.05) is 32.0 Å². The van der Waals surface area contributed by atoms with Gasteiger partial charge in [0.1, 0.15) is 12.9 Å². The third-order valence-electron chi connectivity index (χ3n) is 3.78. The van der Waals surface area contributed by atoms with Crippen molar-refractivity contribution in [2.45, 2.75) is 39.7 Å². The fourth-order valence-corrected chi connectivity index (χ4v) is 2.39. The Balaban J connectivity index is 1.84. The summed E-state index contributed by atoms with van der Waals surface area (Å²) in [5.74, 6) is 1.58. The number of guanidine groups is 1. The number of nitrogens with zero attached hydrogens (tertiary/aromatic N) is 4. The molecule has 26 heavy (non-hydrogen) atoms. The minimum atomic E-state index is 0.456. The number of aromatic nitrogens is 3. The topological polar surface area (TPSA) is 76.4 Å². The van der Waals surface area contributed by atoms with Crippen molar-refractivity contribution in [3.63, 3.8) is 0 Å². The third-order valence-corrected chi connectivity index (χ3v) is 3.78. The molecule has 0 amide bonds. The van der Waals surface area contributed by atoms with Gasteiger partial charge in [-0.15, -0.1) is 10.2 Å². The minimum Gasteiger partial charge on any atom is -0.381 e. The van der Waals surface area contributed by atoms with E-state index in [0.29, 0.717) is 6.54 Å². The Hall–Kier alpha value is -2.41. The van der Waals surface area contributed by atoms with Gasteiger partial charge in [0.25, 0.3) is 0 Å². The van der Waals surface area contributed by atoms with Crippen LogP contribution >= 0.6 is 0 Å². The smallest absolute Gasteiger partial charge is 0.191 e. The summed E-state index contributed by atoms with van der Waals surface area (Å²) in [6, 6.07) is 10.0. The van der Waals surface area contributed by atoms with E-state index in [9.17, 15) is 0 Å². The molecule has 142 valence electrons. The van der Waals surface area contributed by atoms with Crippen molar-refractivity contribution < 1.29 is 4.74 Å². The van der Waals surface area contributed by atoms with Crippen molar-refractivity contribution >= 4 is 5.96 Å². The summed E-state index contributed by atoms with van der Waals surface area (Å²) in [7, 11) is 0. The zero-order valence-electron chi connectivity index (χ0n) is 15.8. The molecule has 0 bridgehead atoms. The average molecular weight is 358 g/mol. The Morgan fingerprint density at radius 1 is 1.12 bits per heavy atom. The van der Waals surface area contributed by atoms with Crippen LogP contribution in [0.5, 0.6) is 0 Å². The van der Waals surface area contributed by atoms with E-state index in [1.807, 2.05) is 34.9 Å². The second-order valence-corrected chi connectivity index (χ2v) is 5.89. The first-order valence-corrected chi connectivity index (χ1v) is 9.39. The van der Waals surface area contributed by atoms with Gasteiger partial charge in [0.15, 0.2) is 11.8 Å². The summed E-state index contributed by atoms with van der Waals surface area (Å²) < 4.78 is 7.53. The standard InChI is InChI=1S/C19H30N6O/c1-3-5-13-26-14-9-12-21-19(20-4-2)22-15-18-24-23-16-25(18)17-10-7-6-8-11-17/h6-8,10-11,16H,3-5,9,12-15H2,1-2H3,(H2,20,21,22). The van der Waals surface area contributed by atoms with Gasteiger partial charge in [-0.1, -0.05) is 31.5 Å². The van der Waals surface area contributed by atoms with Gasteiger partial charge in [-0.2, -0.15) is 0 Å². The Kier molecular flexibility index (Phi) is 9.21. The molecule has 7 nitrogen and oxygen atoms in total. The van der Waals surface area contributed by atoms with Crippen LogP contribution in [-0.4, -0.2) is 47.0 Å². The maximum Gasteiger partial charge on any atom is 0.191 e. The Labute approximate surface area is 155 Å². The predicted molar refractivity (Wildman–Crippen MR) is 105 cm³/mol. The molecule has 0 atom stereocenters. The number of rotatable bonds is 11. The molecule has 0 aliphatic rings. The number of hydrogen-bond donors (Lipinski definition) is 2. The number of ether oxygens (including phenoxy) is 1. The molecule has 0 aliphatic carbocycles. The monoisotopic (exact) mass is 358 g/mol. The highest BCUT2D eigenvalue weighted by Crippen LogP contribution is 2.09. The molecule has 1 heterocycles. The van der Waals surface area contributed by atoms with Crippen LogP contribution in [0.4, 0.5) is 0 Å². The van der Waals surface area contributed by atoms with Crippen molar-refractivity contribution in [2.75, 3.05) is 26.3 Å². The van der Waals surface area contributed by atoms with Crippen LogP contribution in [0.3, 0.4) is 0 Å². The van der Waals surface area contributed by atoms with Crippen molar-refractivity contribution in [2.24, 2.45) is 4.99 Å². The Morgan fingerprint density at radius 2 is 1.92 bits per heavy atom. The van der Waals surface area contributed by atoms with Gasteiger partial charge in [-0.05, 0) is 31.9 Å². The Bertz CT molecular complexity index is 640. The molecule has 1 aromatic heterocycles. The van der Waals surface area contributed by atoms with Crippen LogP contribution in [0.1, 0.15) is 38.9 Å². The van der Waals surface area contributed by atoms with Gasteiger partial charge in [0.2, 0.25) is 0 Å². The molecule has 2 rings (SSSR count). The molecule has 0 saturated carbocycles. The van der Waals surface area contributed by atoms with Gasteiger partial charge in [-0.25, -0.2) is 4.99 Å². The summed E-state index contributed by atoms with van der Waals surface area (Å²) in [6.45, 7) is 7.93. The van der Waals surface area contributed by atoms with Gasteiger partial charge < -0.3 is 15.4 Å². The van der Waals surface area contributed by atoms with Gasteiger partial charge >= 0.3 is 0 Å². The van der Waals surface area contributed by atoms with Crippen LogP contribution in [0.15, 0.2) is 41.7 Å². The quantitative estimate of drug-likeness (QED) is 0.367. The summed E-state index contributed by atoms with van der Waals surface area (Å²) in [5, 5.41) is 14.8. The highest BCUT2D eigenvalue weighted by Gasteiger charge is 2.06. The Morgan fingerprint density at radius 3 is 2.69 bits per heavy atom. The SMILES string of the molecule is CCCCOCCCNC(=NCc1nncn1-c1ccccc1)NCC. The first kappa shape index (κ1) is 19.9. The van der Waals surface area contributed by atoms with E-state index in [0.717, 1.165) is 56.6 Å². The second kappa shape index (κ2) is 12.0. The van der Waals surface area contributed by atoms with E-state index in [1.54, 1.807) is 6.33 Å². The number of benzene rings is 1. The zero-order valence-corrected chi connectivity index (χ0v) is 15.8. The zero-order chi connectivity index (χ0) is 18.5. The van der Waals surface area contributed by atoms with E-state index in [2.05, 4.69) is 39.7 Å². The van der Waals surface area contributed by atoms with E-state index in [-0.39, 0.29) is 0 Å². The lowest BCUT2D eigenvalue weighted by Gasteiger charge is -2.11. The molecule has 0 unspecified atom stereocenters. The summed E-state index contributed by atoms with van der Waals surface area (Å²) in [4.78, 5) is 4.62. The molecule has 1 aromatic carbocycles. The first-order valence-electron chi connectivity index (χ1n) is 9.39. The summed E-state index contributed by atoms with van der Waals surface area (Å²) >= 11 is 0. The minimum absolute atomic E-state index is 0.456. The van der Waals surface area contributed by atoms with Crippen LogP contribution in [0.2, 0.25) is 0 Å². The van der Waals surface area contributed by atoms with Crippen LogP contribution in [0, 0.1) is 0 Å². The molecule has 0 aliphatic heterocycles. The highest BCUT2D eigenvalue weighted by molar-refractivity contribution is 5.79. The van der Waals surface area contributed by atoms with E-state index in [4.69, 9.17) is 4.74 Å². The van der Waals surface area contributed by atoms with Crippen molar-refractivity contribution in [1.29, 1.82) is 0 Å². The molecular weight excluding hydrogens is 328 g/mol. The number of aliphatic imine (C=N–C) groups is 1. The average Bonchev–Trinajstić information content (AvgIpc) is 3.14. The van der Waals surface area contributed by atoms with Gasteiger partial charge in [0.05, 0.1) is 0 Å². The van der Waals surface area contributed by atoms with Gasteiger partial charge in [-0.3, -0.25) is 4.57 Å². The maximum absolute atomic E-state index is 5.58. The molecule has 0 spiro atoms. The normalized spacial score (nSPS) is 11.5. The molecule has 0 radical (unpaired) electrons. The second-order valence-electron chi connectivity index (χ2n) is 5.89. The molecule has 0 fully saturated rings. The van der Waals surface area contributed by atoms with Crippen molar-refractivity contribution in [1.82, 2.24) is 25.4 Å². The maximum atomic E-state index is 5.58. The molecule has 7 heteroatoms. The lowest BCUT2D eigenvalue weighted by atomic mass is 10.3. The number of nitrogens with one attached hydrogen (secondary N) is 2. The lowest BCUT2D eigenvalue weighted by molar-refractivity contribution is 0.129. The van der Waals surface area contributed by atoms with Crippen LogP contribution in [-0.2, 0) is 11.3 Å². The van der Waals surface area contributed by atoms with Crippen LogP contribution < -0.4 is 10.6 Å². The van der Waals surface area contributed by atoms with Crippen molar-refractivity contribution in [3.05, 3.63) is 42.5 Å².